The van der Waals surface area contributed by atoms with Gasteiger partial charge >= 0.3 is 6.03 Å². The van der Waals surface area contributed by atoms with Gasteiger partial charge in [-0.15, -0.1) is 0 Å². The smallest absolute Gasteiger partial charge is 0.312 e. The van der Waals surface area contributed by atoms with Crippen molar-refractivity contribution in [1.82, 2.24) is 10.3 Å². The Labute approximate surface area is 94.6 Å². The van der Waals surface area contributed by atoms with Crippen LogP contribution in [0.1, 0.15) is 6.92 Å². The van der Waals surface area contributed by atoms with E-state index in [2.05, 4.69) is 20.9 Å². The fourth-order valence-corrected chi connectivity index (χ4v) is 1.21. The van der Waals surface area contributed by atoms with Crippen LogP contribution < -0.4 is 21.7 Å². The lowest BCUT2D eigenvalue weighted by molar-refractivity contribution is 0.249. The summed E-state index contributed by atoms with van der Waals surface area (Å²) in [7, 11) is 0. The van der Waals surface area contributed by atoms with Gasteiger partial charge in [-0.05, 0) is 13.0 Å². The van der Waals surface area contributed by atoms with Crippen LogP contribution in [0.3, 0.4) is 0 Å². The maximum atomic E-state index is 10.4. The average Bonchev–Trinajstić information content (AvgIpc) is 2.25. The number of nitrogens with zero attached hydrogens (tertiary/aromatic N) is 1. The van der Waals surface area contributed by atoms with E-state index in [1.807, 2.05) is 19.1 Å². The normalized spacial score (nSPS) is 9.56. The molecule has 0 unspecified atom stereocenters. The minimum absolute atomic E-state index is 0.494. The van der Waals surface area contributed by atoms with Crippen LogP contribution in [0.2, 0.25) is 0 Å². The third-order valence-corrected chi connectivity index (χ3v) is 1.87. The Balaban J connectivity index is 2.35. The average molecular weight is 223 g/mol. The molecular weight excluding hydrogens is 206 g/mol. The van der Waals surface area contributed by atoms with E-state index in [4.69, 9.17) is 5.73 Å². The maximum Gasteiger partial charge on any atom is 0.312 e. The summed E-state index contributed by atoms with van der Waals surface area (Å²) in [4.78, 5) is 14.6. The summed E-state index contributed by atoms with van der Waals surface area (Å²) < 4.78 is 0. The Morgan fingerprint density at radius 2 is 2.25 bits per heavy atom. The van der Waals surface area contributed by atoms with Gasteiger partial charge in [-0.2, -0.15) is 0 Å². The van der Waals surface area contributed by atoms with Crippen molar-refractivity contribution >= 4 is 17.5 Å². The molecule has 0 bridgehead atoms. The van der Waals surface area contributed by atoms with E-state index >= 15 is 0 Å². The van der Waals surface area contributed by atoms with Crippen LogP contribution in [0.5, 0.6) is 0 Å². The van der Waals surface area contributed by atoms with E-state index < -0.39 is 6.03 Å². The minimum atomic E-state index is -0.509. The van der Waals surface area contributed by atoms with Crippen LogP contribution in [0.25, 0.3) is 0 Å². The molecule has 88 valence electrons. The molecule has 16 heavy (non-hydrogen) atoms. The van der Waals surface area contributed by atoms with Crippen molar-refractivity contribution < 1.29 is 4.79 Å². The third-order valence-electron chi connectivity index (χ3n) is 1.87. The summed E-state index contributed by atoms with van der Waals surface area (Å²) >= 11 is 0. The van der Waals surface area contributed by atoms with Gasteiger partial charge in [0.2, 0.25) is 0 Å². The molecular formula is C10H17N5O. The van der Waals surface area contributed by atoms with Gasteiger partial charge in [-0.3, -0.25) is 0 Å². The first-order chi connectivity index (χ1) is 7.72. The number of urea groups is 1. The lowest BCUT2D eigenvalue weighted by Crippen LogP contribution is -2.33. The molecule has 1 rings (SSSR count). The molecule has 0 aliphatic rings. The molecule has 0 saturated heterocycles. The van der Waals surface area contributed by atoms with Gasteiger partial charge in [0, 0.05) is 37.6 Å². The standard InChI is InChI=1S/C10H17N5O/c1-2-12-9-7-8(3-4-14-9)13-5-6-15-10(11)16/h3-4,7H,2,5-6H2,1H3,(H3,11,15,16)(H2,12,13,14). The Bertz CT molecular complexity index is 342. The van der Waals surface area contributed by atoms with Gasteiger partial charge in [-0.1, -0.05) is 0 Å². The zero-order chi connectivity index (χ0) is 11.8. The number of pyridine rings is 1. The predicted molar refractivity (Wildman–Crippen MR) is 64.5 cm³/mol. The molecule has 0 saturated carbocycles. The third kappa shape index (κ3) is 4.50. The van der Waals surface area contributed by atoms with E-state index in [-0.39, 0.29) is 0 Å². The highest BCUT2D eigenvalue weighted by molar-refractivity contribution is 5.71. The summed E-state index contributed by atoms with van der Waals surface area (Å²) in [5, 5.41) is 8.76. The molecule has 0 atom stereocenters. The second-order valence-electron chi connectivity index (χ2n) is 3.18. The number of anilines is 2. The van der Waals surface area contributed by atoms with Gasteiger partial charge in [0.15, 0.2) is 0 Å². The molecule has 1 aromatic heterocycles. The van der Waals surface area contributed by atoms with Crippen molar-refractivity contribution in [2.24, 2.45) is 5.73 Å². The largest absolute Gasteiger partial charge is 0.383 e. The second-order valence-corrected chi connectivity index (χ2v) is 3.18. The number of amides is 2. The van der Waals surface area contributed by atoms with Crippen molar-refractivity contribution in [3.05, 3.63) is 18.3 Å². The monoisotopic (exact) mass is 223 g/mol. The van der Waals surface area contributed by atoms with Gasteiger partial charge in [0.05, 0.1) is 0 Å². The second kappa shape index (κ2) is 6.49. The van der Waals surface area contributed by atoms with Gasteiger partial charge < -0.3 is 21.7 Å². The Kier molecular flexibility index (Phi) is 4.91. The molecule has 0 aliphatic heterocycles. The SMILES string of the molecule is CCNc1cc(NCCNC(N)=O)ccn1. The molecule has 6 heteroatoms. The number of nitrogens with one attached hydrogen (secondary N) is 3. The molecule has 2 amide bonds. The summed E-state index contributed by atoms with van der Waals surface area (Å²) in [6, 6.07) is 3.27. The first-order valence-corrected chi connectivity index (χ1v) is 5.19. The molecule has 6 nitrogen and oxygen atoms in total. The number of carbonyl (C=O) groups is 1. The fraction of sp³-hybridized carbons (Fsp3) is 0.400. The van der Waals surface area contributed by atoms with Gasteiger partial charge in [-0.25, -0.2) is 9.78 Å². The quantitative estimate of drug-likeness (QED) is 0.531. The molecule has 0 fully saturated rings. The summed E-state index contributed by atoms with van der Waals surface area (Å²) in [5.74, 6) is 0.829. The van der Waals surface area contributed by atoms with Crippen LogP contribution in [-0.4, -0.2) is 30.6 Å². The van der Waals surface area contributed by atoms with Gasteiger partial charge in [0.25, 0.3) is 0 Å². The number of primary amides is 1. The van der Waals surface area contributed by atoms with Crippen molar-refractivity contribution in [3.63, 3.8) is 0 Å². The highest BCUT2D eigenvalue weighted by Gasteiger charge is 1.95. The summed E-state index contributed by atoms with van der Waals surface area (Å²) in [5.41, 5.74) is 5.89. The fourth-order valence-electron chi connectivity index (χ4n) is 1.21. The molecule has 0 aromatic carbocycles. The van der Waals surface area contributed by atoms with Crippen molar-refractivity contribution in [1.29, 1.82) is 0 Å². The maximum absolute atomic E-state index is 10.4. The first-order valence-electron chi connectivity index (χ1n) is 5.19. The van der Waals surface area contributed by atoms with Crippen LogP contribution in [-0.2, 0) is 0 Å². The van der Waals surface area contributed by atoms with Crippen LogP contribution >= 0.6 is 0 Å². The molecule has 1 aromatic rings. The van der Waals surface area contributed by atoms with E-state index in [1.54, 1.807) is 6.20 Å². The van der Waals surface area contributed by atoms with Crippen molar-refractivity contribution in [2.75, 3.05) is 30.3 Å². The number of nitrogens with two attached hydrogens (primary N) is 1. The van der Waals surface area contributed by atoms with E-state index in [0.29, 0.717) is 13.1 Å². The molecule has 1 heterocycles. The zero-order valence-corrected chi connectivity index (χ0v) is 9.29. The summed E-state index contributed by atoms with van der Waals surface area (Å²) in [6.07, 6.45) is 1.72. The molecule has 5 N–H and O–H groups in total. The molecule has 0 spiro atoms. The number of carbonyl (C=O) groups excluding carboxylic acids is 1. The molecule has 0 aliphatic carbocycles. The zero-order valence-electron chi connectivity index (χ0n) is 9.29. The topological polar surface area (TPSA) is 92.1 Å². The van der Waals surface area contributed by atoms with Crippen LogP contribution in [0.15, 0.2) is 18.3 Å². The van der Waals surface area contributed by atoms with Crippen molar-refractivity contribution in [3.8, 4) is 0 Å². The van der Waals surface area contributed by atoms with E-state index in [9.17, 15) is 4.79 Å². The Morgan fingerprint density at radius 1 is 1.44 bits per heavy atom. The lowest BCUT2D eigenvalue weighted by Gasteiger charge is -2.08. The summed E-state index contributed by atoms with van der Waals surface area (Å²) in [6.45, 7) is 3.96. The Morgan fingerprint density at radius 3 is 2.94 bits per heavy atom. The highest BCUT2D eigenvalue weighted by atomic mass is 16.2. The number of hydrogen-bond acceptors (Lipinski definition) is 4. The highest BCUT2D eigenvalue weighted by Crippen LogP contribution is 2.10. The number of rotatable bonds is 6. The van der Waals surface area contributed by atoms with E-state index in [0.717, 1.165) is 18.1 Å². The van der Waals surface area contributed by atoms with Gasteiger partial charge in [0.1, 0.15) is 5.82 Å². The van der Waals surface area contributed by atoms with Crippen LogP contribution in [0, 0.1) is 0 Å². The number of aromatic nitrogens is 1. The molecule has 0 radical (unpaired) electrons. The predicted octanol–water partition coefficient (Wildman–Crippen LogP) is 0.594. The van der Waals surface area contributed by atoms with Crippen LogP contribution in [0.4, 0.5) is 16.3 Å². The minimum Gasteiger partial charge on any atom is -0.383 e. The Hall–Kier alpha value is -1.98. The van der Waals surface area contributed by atoms with Crippen molar-refractivity contribution in [2.45, 2.75) is 6.92 Å². The number of hydrogen-bond donors (Lipinski definition) is 4. The first kappa shape index (κ1) is 12.1. The lowest BCUT2D eigenvalue weighted by atomic mass is 10.3. The van der Waals surface area contributed by atoms with E-state index in [1.165, 1.54) is 0 Å².